The van der Waals surface area contributed by atoms with E-state index in [1.807, 2.05) is 50.2 Å². The first kappa shape index (κ1) is 25.9. The average Bonchev–Trinajstić information content (AvgIpc) is 3.03. The molecular weight excluding hydrogens is 466 g/mol. The second kappa shape index (κ2) is 11.2. The normalized spacial score (nSPS) is 18.5. The summed E-state index contributed by atoms with van der Waals surface area (Å²) in [6.45, 7) is 6.28. The number of anilines is 1. The summed E-state index contributed by atoms with van der Waals surface area (Å²) in [4.78, 5) is 16.8. The molecule has 4 rings (SSSR count). The van der Waals surface area contributed by atoms with Gasteiger partial charge in [0.15, 0.2) is 11.5 Å². The van der Waals surface area contributed by atoms with Crippen molar-refractivity contribution < 1.29 is 23.0 Å². The van der Waals surface area contributed by atoms with Crippen molar-refractivity contribution in [2.24, 2.45) is 5.10 Å². The lowest BCUT2D eigenvalue weighted by Crippen LogP contribution is -2.47. The number of rotatable bonds is 7. The molecule has 1 fully saturated rings. The molecule has 9 heteroatoms. The molecule has 0 spiro atoms. The number of ether oxygens (including phenoxy) is 2. The van der Waals surface area contributed by atoms with E-state index < -0.39 is 6.43 Å². The summed E-state index contributed by atoms with van der Waals surface area (Å²) in [6.07, 6.45) is -1.31. The molecule has 0 N–H and O–H groups in total. The molecule has 1 saturated heterocycles. The van der Waals surface area contributed by atoms with E-state index in [1.165, 1.54) is 0 Å². The monoisotopic (exact) mass is 500 g/mol. The van der Waals surface area contributed by atoms with Crippen LogP contribution in [0.2, 0.25) is 0 Å². The minimum atomic E-state index is -2.31. The van der Waals surface area contributed by atoms with Crippen LogP contribution in [0.1, 0.15) is 37.0 Å². The fourth-order valence-electron chi connectivity index (χ4n) is 4.87. The van der Waals surface area contributed by atoms with Gasteiger partial charge in [-0.3, -0.25) is 9.69 Å². The van der Waals surface area contributed by atoms with E-state index in [9.17, 15) is 13.6 Å². The molecule has 0 radical (unpaired) electrons. The molecular formula is C27H34F2N4O3. The lowest BCUT2D eigenvalue weighted by atomic mass is 9.94. The van der Waals surface area contributed by atoms with Crippen LogP contribution in [0, 0.1) is 0 Å². The number of methoxy groups -OCH3 is 2. The number of benzene rings is 2. The summed E-state index contributed by atoms with van der Waals surface area (Å²) >= 11 is 0. The van der Waals surface area contributed by atoms with Crippen LogP contribution in [0.3, 0.4) is 0 Å². The zero-order valence-corrected chi connectivity index (χ0v) is 21.3. The van der Waals surface area contributed by atoms with Crippen LogP contribution in [0.4, 0.5) is 14.5 Å². The molecule has 0 aliphatic carbocycles. The van der Waals surface area contributed by atoms with Crippen LogP contribution in [-0.4, -0.2) is 80.9 Å². The Labute approximate surface area is 211 Å². The quantitative estimate of drug-likeness (QED) is 0.575. The fraction of sp³-hybridized carbons (Fsp3) is 0.481. The van der Waals surface area contributed by atoms with E-state index in [0.717, 1.165) is 22.4 Å². The van der Waals surface area contributed by atoms with Crippen molar-refractivity contribution in [1.29, 1.82) is 0 Å². The van der Waals surface area contributed by atoms with Gasteiger partial charge in [-0.15, -0.1) is 0 Å². The van der Waals surface area contributed by atoms with Crippen LogP contribution in [0.15, 0.2) is 41.5 Å². The maximum atomic E-state index is 12.8. The summed E-state index contributed by atoms with van der Waals surface area (Å²) in [5.74, 6) is 1.20. The van der Waals surface area contributed by atoms with Crippen LogP contribution in [-0.2, 0) is 11.2 Å². The number of hydrogen-bond donors (Lipinski definition) is 0. The van der Waals surface area contributed by atoms with E-state index >= 15 is 0 Å². The smallest absolute Gasteiger partial charge is 0.251 e. The van der Waals surface area contributed by atoms with Crippen molar-refractivity contribution in [3.05, 3.63) is 53.1 Å². The maximum absolute atomic E-state index is 12.8. The first-order chi connectivity index (χ1) is 17.3. The standard InChI is InChI=1S/C27H34F2N4O3/c1-5-26(34)33-18(2)14-20-15-23(35-3)24(36-4)16-22(20)27(30-33)19-6-8-21(9-7-19)32-12-10-31(11-13-32)17-25(28)29/h6-9,15-16,18,25H,5,10-14,17H2,1-4H3. The van der Waals surface area contributed by atoms with Crippen molar-refractivity contribution in [2.45, 2.75) is 39.2 Å². The minimum Gasteiger partial charge on any atom is -0.493 e. The van der Waals surface area contributed by atoms with Gasteiger partial charge in [-0.2, -0.15) is 5.10 Å². The van der Waals surface area contributed by atoms with Crippen molar-refractivity contribution in [3.63, 3.8) is 0 Å². The number of alkyl halides is 2. The number of halogens is 2. The summed E-state index contributed by atoms with van der Waals surface area (Å²) in [5.41, 5.74) is 4.55. The number of hydrazone groups is 1. The summed E-state index contributed by atoms with van der Waals surface area (Å²) in [6, 6.07) is 11.8. The number of carbonyl (C=O) groups is 1. The highest BCUT2D eigenvalue weighted by atomic mass is 19.3. The van der Waals surface area contributed by atoms with Crippen LogP contribution >= 0.6 is 0 Å². The molecule has 0 bridgehead atoms. The Hall–Kier alpha value is -3.20. The molecule has 2 aliphatic heterocycles. The Morgan fingerprint density at radius 1 is 1.06 bits per heavy atom. The fourth-order valence-corrected chi connectivity index (χ4v) is 4.87. The maximum Gasteiger partial charge on any atom is 0.251 e. The Morgan fingerprint density at radius 2 is 1.69 bits per heavy atom. The van der Waals surface area contributed by atoms with Gasteiger partial charge in [-0.1, -0.05) is 19.1 Å². The lowest BCUT2D eigenvalue weighted by Gasteiger charge is -2.36. The van der Waals surface area contributed by atoms with E-state index in [4.69, 9.17) is 14.6 Å². The third kappa shape index (κ3) is 5.46. The molecule has 2 aromatic carbocycles. The van der Waals surface area contributed by atoms with E-state index in [1.54, 1.807) is 24.1 Å². The van der Waals surface area contributed by atoms with Gasteiger partial charge in [0.1, 0.15) is 0 Å². The zero-order chi connectivity index (χ0) is 25.8. The molecule has 0 aromatic heterocycles. The summed E-state index contributed by atoms with van der Waals surface area (Å²) in [7, 11) is 3.21. The first-order valence-electron chi connectivity index (χ1n) is 12.4. The summed E-state index contributed by atoms with van der Waals surface area (Å²) in [5, 5.41) is 6.45. The predicted octanol–water partition coefficient (Wildman–Crippen LogP) is 4.03. The molecule has 1 atom stereocenters. The van der Waals surface area contributed by atoms with Gasteiger partial charge in [0, 0.05) is 49.4 Å². The van der Waals surface area contributed by atoms with Crippen molar-refractivity contribution in [3.8, 4) is 11.5 Å². The molecule has 194 valence electrons. The Kier molecular flexibility index (Phi) is 8.08. The first-order valence-corrected chi connectivity index (χ1v) is 12.4. The SMILES string of the molecule is CCC(=O)N1N=C(c2ccc(N3CCN(CC(F)F)CC3)cc2)c2cc(OC)c(OC)cc2CC1C. The van der Waals surface area contributed by atoms with Crippen LogP contribution in [0.5, 0.6) is 11.5 Å². The second-order valence-electron chi connectivity index (χ2n) is 9.18. The van der Waals surface area contributed by atoms with Gasteiger partial charge in [-0.25, -0.2) is 13.8 Å². The Bertz CT molecular complexity index is 1100. The Morgan fingerprint density at radius 3 is 2.28 bits per heavy atom. The third-order valence-corrected chi connectivity index (χ3v) is 6.84. The number of piperazine rings is 1. The molecule has 2 heterocycles. The minimum absolute atomic E-state index is 0.0370. The molecule has 0 saturated carbocycles. The highest BCUT2D eigenvalue weighted by Gasteiger charge is 2.28. The van der Waals surface area contributed by atoms with Crippen molar-refractivity contribution in [1.82, 2.24) is 9.91 Å². The largest absolute Gasteiger partial charge is 0.493 e. The molecule has 1 amide bonds. The predicted molar refractivity (Wildman–Crippen MR) is 137 cm³/mol. The highest BCUT2D eigenvalue weighted by Crippen LogP contribution is 2.35. The topological polar surface area (TPSA) is 57.6 Å². The number of fused-ring (bicyclic) bond motifs is 1. The van der Waals surface area contributed by atoms with Gasteiger partial charge in [0.2, 0.25) is 5.91 Å². The number of amides is 1. The van der Waals surface area contributed by atoms with Gasteiger partial charge in [-0.05, 0) is 43.2 Å². The molecule has 2 aromatic rings. The van der Waals surface area contributed by atoms with Crippen molar-refractivity contribution >= 4 is 17.3 Å². The van der Waals surface area contributed by atoms with Gasteiger partial charge < -0.3 is 14.4 Å². The third-order valence-electron chi connectivity index (χ3n) is 6.84. The van der Waals surface area contributed by atoms with Gasteiger partial charge in [0.05, 0.1) is 32.5 Å². The second-order valence-corrected chi connectivity index (χ2v) is 9.18. The van der Waals surface area contributed by atoms with Gasteiger partial charge in [0.25, 0.3) is 6.43 Å². The van der Waals surface area contributed by atoms with E-state index in [0.29, 0.717) is 56.2 Å². The molecule has 1 unspecified atom stereocenters. The van der Waals surface area contributed by atoms with Crippen LogP contribution in [0.25, 0.3) is 0 Å². The van der Waals surface area contributed by atoms with E-state index in [-0.39, 0.29) is 18.5 Å². The molecule has 2 aliphatic rings. The number of carbonyl (C=O) groups excluding carboxylic acids is 1. The zero-order valence-electron chi connectivity index (χ0n) is 21.3. The van der Waals surface area contributed by atoms with Crippen LogP contribution < -0.4 is 14.4 Å². The lowest BCUT2D eigenvalue weighted by molar-refractivity contribution is -0.132. The highest BCUT2D eigenvalue weighted by molar-refractivity contribution is 6.14. The van der Waals surface area contributed by atoms with E-state index in [2.05, 4.69) is 4.90 Å². The van der Waals surface area contributed by atoms with Crippen molar-refractivity contribution in [2.75, 3.05) is 51.8 Å². The molecule has 7 nitrogen and oxygen atoms in total. The Balaban J connectivity index is 1.67. The van der Waals surface area contributed by atoms with Gasteiger partial charge >= 0.3 is 0 Å². The average molecular weight is 501 g/mol. The molecule has 36 heavy (non-hydrogen) atoms. The number of hydrogen-bond acceptors (Lipinski definition) is 6. The summed E-state index contributed by atoms with van der Waals surface area (Å²) < 4.78 is 36.5. The number of nitrogens with zero attached hydrogens (tertiary/aromatic N) is 4.